The van der Waals surface area contributed by atoms with Gasteiger partial charge >= 0.3 is 0 Å². The number of hydrogen-bond acceptors (Lipinski definition) is 8. The average Bonchev–Trinajstić information content (AvgIpc) is 3.33. The van der Waals surface area contributed by atoms with Gasteiger partial charge in [-0.1, -0.05) is 18.1 Å². The van der Waals surface area contributed by atoms with Crippen molar-refractivity contribution >= 4 is 15.7 Å². The van der Waals surface area contributed by atoms with E-state index in [2.05, 4.69) is 17.2 Å². The Labute approximate surface area is 193 Å². The highest BCUT2D eigenvalue weighted by Crippen LogP contribution is 2.22. The summed E-state index contributed by atoms with van der Waals surface area (Å²) in [5.41, 5.74) is 2.06. The largest absolute Gasteiger partial charge is 0.481 e. The molecule has 3 N–H and O–H groups in total. The SMILES string of the molecule is CC#CCOc1ccc(S(=O)(=O)CN[C@@H](C(=O)NO)c2ccc(ON3CCCC3)cc2)cc1. The predicted octanol–water partition coefficient (Wildman–Crippen LogP) is 2.05. The Hall–Kier alpha value is -3.10. The van der Waals surface area contributed by atoms with E-state index in [0.717, 1.165) is 25.9 Å². The van der Waals surface area contributed by atoms with Gasteiger partial charge in [0, 0.05) is 13.1 Å². The van der Waals surface area contributed by atoms with Gasteiger partial charge in [-0.05, 0) is 61.7 Å². The maximum atomic E-state index is 12.8. The topological polar surface area (TPSA) is 117 Å². The molecule has 1 aliphatic heterocycles. The summed E-state index contributed by atoms with van der Waals surface area (Å²) in [7, 11) is -3.76. The zero-order valence-electron chi connectivity index (χ0n) is 18.3. The van der Waals surface area contributed by atoms with E-state index >= 15 is 0 Å². The molecule has 176 valence electrons. The molecule has 1 aliphatic rings. The number of nitrogens with zero attached hydrogens (tertiary/aromatic N) is 1. The van der Waals surface area contributed by atoms with Crippen molar-refractivity contribution in [1.29, 1.82) is 0 Å². The van der Waals surface area contributed by atoms with Crippen LogP contribution in [0.2, 0.25) is 0 Å². The van der Waals surface area contributed by atoms with Crippen LogP contribution in [0.3, 0.4) is 0 Å². The summed E-state index contributed by atoms with van der Waals surface area (Å²) < 4.78 is 30.9. The van der Waals surface area contributed by atoms with Crippen molar-refractivity contribution in [2.75, 3.05) is 25.6 Å². The van der Waals surface area contributed by atoms with Crippen LogP contribution in [-0.4, -0.2) is 50.2 Å². The van der Waals surface area contributed by atoms with Crippen molar-refractivity contribution in [1.82, 2.24) is 15.9 Å². The molecular formula is C23H27N3O6S. The van der Waals surface area contributed by atoms with Crippen molar-refractivity contribution in [3.63, 3.8) is 0 Å². The van der Waals surface area contributed by atoms with Crippen LogP contribution in [0.5, 0.6) is 11.5 Å². The second-order valence-corrected chi connectivity index (χ2v) is 9.35. The molecule has 0 saturated carbocycles. The van der Waals surface area contributed by atoms with Gasteiger partial charge in [0.1, 0.15) is 30.0 Å². The molecule has 1 fully saturated rings. The summed E-state index contributed by atoms with van der Waals surface area (Å²) in [5, 5.41) is 13.7. The summed E-state index contributed by atoms with van der Waals surface area (Å²) >= 11 is 0. The Bertz CT molecular complexity index is 1090. The van der Waals surface area contributed by atoms with Crippen molar-refractivity contribution in [3.8, 4) is 23.3 Å². The van der Waals surface area contributed by atoms with E-state index in [1.165, 1.54) is 12.1 Å². The van der Waals surface area contributed by atoms with Crippen molar-refractivity contribution in [3.05, 3.63) is 54.1 Å². The molecule has 0 unspecified atom stereocenters. The maximum absolute atomic E-state index is 12.8. The van der Waals surface area contributed by atoms with Crippen molar-refractivity contribution in [2.24, 2.45) is 0 Å². The summed E-state index contributed by atoms with van der Waals surface area (Å²) in [5.74, 6) is 5.29. The first-order valence-corrected chi connectivity index (χ1v) is 12.1. The minimum absolute atomic E-state index is 0.0708. The first-order valence-electron chi connectivity index (χ1n) is 10.5. The number of carbonyl (C=O) groups is 1. The normalized spacial score (nSPS) is 14.7. The number of ether oxygens (including phenoxy) is 1. The first-order chi connectivity index (χ1) is 15.9. The average molecular weight is 474 g/mol. The van der Waals surface area contributed by atoms with Gasteiger partial charge in [0.05, 0.1) is 4.90 Å². The third-order valence-electron chi connectivity index (χ3n) is 5.03. The van der Waals surface area contributed by atoms with E-state index < -0.39 is 27.7 Å². The fourth-order valence-electron chi connectivity index (χ4n) is 3.29. The molecule has 0 aliphatic carbocycles. The summed E-state index contributed by atoms with van der Waals surface area (Å²) in [4.78, 5) is 18.0. The highest BCUT2D eigenvalue weighted by Gasteiger charge is 2.24. The Morgan fingerprint density at radius 1 is 1.09 bits per heavy atom. The number of hydroxylamine groups is 3. The number of carbonyl (C=O) groups excluding carboxylic acids is 1. The first kappa shape index (κ1) is 24.5. The molecule has 1 heterocycles. The highest BCUT2D eigenvalue weighted by molar-refractivity contribution is 7.91. The van der Waals surface area contributed by atoms with Crippen molar-refractivity contribution in [2.45, 2.75) is 30.7 Å². The lowest BCUT2D eigenvalue weighted by Gasteiger charge is -2.19. The zero-order valence-corrected chi connectivity index (χ0v) is 19.1. The van der Waals surface area contributed by atoms with Gasteiger partial charge < -0.3 is 9.57 Å². The Balaban J connectivity index is 1.66. The molecular weight excluding hydrogens is 446 g/mol. The second-order valence-electron chi connectivity index (χ2n) is 7.36. The van der Waals surface area contributed by atoms with Crippen LogP contribution in [0.4, 0.5) is 0 Å². The molecule has 9 nitrogen and oxygen atoms in total. The minimum Gasteiger partial charge on any atom is -0.481 e. The van der Waals surface area contributed by atoms with Gasteiger partial charge in [0.25, 0.3) is 5.91 Å². The van der Waals surface area contributed by atoms with Crippen LogP contribution >= 0.6 is 0 Å². The van der Waals surface area contributed by atoms with Crippen LogP contribution in [0, 0.1) is 11.8 Å². The molecule has 0 radical (unpaired) electrons. The van der Waals surface area contributed by atoms with Gasteiger partial charge in [-0.3, -0.25) is 15.3 Å². The quantitative estimate of drug-likeness (QED) is 0.273. The van der Waals surface area contributed by atoms with Crippen LogP contribution in [0.25, 0.3) is 0 Å². The van der Waals surface area contributed by atoms with E-state index in [9.17, 15) is 13.2 Å². The molecule has 2 aromatic carbocycles. The van der Waals surface area contributed by atoms with Gasteiger partial charge in [-0.2, -0.15) is 0 Å². The number of hydrogen-bond donors (Lipinski definition) is 3. The number of nitrogens with one attached hydrogen (secondary N) is 2. The molecule has 1 amide bonds. The van der Waals surface area contributed by atoms with Gasteiger partial charge in [0.2, 0.25) is 0 Å². The van der Waals surface area contributed by atoms with E-state index in [1.54, 1.807) is 48.8 Å². The lowest BCUT2D eigenvalue weighted by atomic mass is 10.1. The minimum atomic E-state index is -3.76. The highest BCUT2D eigenvalue weighted by atomic mass is 32.2. The molecule has 1 saturated heterocycles. The second kappa shape index (κ2) is 11.7. The Morgan fingerprint density at radius 2 is 1.73 bits per heavy atom. The summed E-state index contributed by atoms with van der Waals surface area (Å²) in [6.07, 6.45) is 2.16. The Kier molecular flexibility index (Phi) is 8.68. The standard InChI is InChI=1S/C23H27N3O6S/c1-2-3-16-31-19-10-12-21(13-11-19)33(29,30)17-24-22(23(27)25-28)18-6-8-20(9-7-18)32-26-14-4-5-15-26/h6-13,22,24,28H,4-5,14-17H2,1H3,(H,25,27)/t22-/m1/s1. The van der Waals surface area contributed by atoms with Gasteiger partial charge in [0.15, 0.2) is 9.84 Å². The number of benzene rings is 2. The van der Waals surface area contributed by atoms with E-state index in [-0.39, 0.29) is 11.5 Å². The Morgan fingerprint density at radius 3 is 2.33 bits per heavy atom. The molecule has 0 bridgehead atoms. The van der Waals surface area contributed by atoms with Crippen molar-refractivity contribution < 1.29 is 28.0 Å². The van der Waals surface area contributed by atoms with E-state index in [0.29, 0.717) is 17.1 Å². The fourth-order valence-corrected chi connectivity index (χ4v) is 4.39. The zero-order chi connectivity index (χ0) is 23.7. The molecule has 0 aromatic heterocycles. The van der Waals surface area contributed by atoms with Crippen LogP contribution in [0.15, 0.2) is 53.4 Å². The predicted molar refractivity (Wildman–Crippen MR) is 121 cm³/mol. The number of rotatable bonds is 10. The van der Waals surface area contributed by atoms with E-state index in [1.807, 2.05) is 5.06 Å². The summed E-state index contributed by atoms with van der Waals surface area (Å²) in [6.45, 7) is 3.63. The monoisotopic (exact) mass is 473 g/mol. The molecule has 33 heavy (non-hydrogen) atoms. The van der Waals surface area contributed by atoms with Crippen LogP contribution in [-0.2, 0) is 14.6 Å². The van der Waals surface area contributed by atoms with E-state index in [4.69, 9.17) is 14.8 Å². The van der Waals surface area contributed by atoms with Gasteiger partial charge in [-0.25, -0.2) is 13.9 Å². The summed E-state index contributed by atoms with van der Waals surface area (Å²) in [6, 6.07) is 11.6. The van der Waals surface area contributed by atoms with Crippen LogP contribution in [0.1, 0.15) is 31.4 Å². The lowest BCUT2D eigenvalue weighted by molar-refractivity contribution is -0.131. The lowest BCUT2D eigenvalue weighted by Crippen LogP contribution is -2.38. The number of amides is 1. The van der Waals surface area contributed by atoms with Gasteiger partial charge in [-0.15, -0.1) is 11.0 Å². The third kappa shape index (κ3) is 6.94. The smallest absolute Gasteiger partial charge is 0.265 e. The molecule has 2 aromatic rings. The molecule has 3 rings (SSSR count). The molecule has 1 atom stereocenters. The molecule has 0 spiro atoms. The fraction of sp³-hybridized carbons (Fsp3) is 0.348. The van der Waals surface area contributed by atoms with Crippen LogP contribution < -0.4 is 20.4 Å². The third-order valence-corrected chi connectivity index (χ3v) is 6.57. The number of sulfone groups is 1. The maximum Gasteiger partial charge on any atom is 0.265 e. The molecule has 10 heteroatoms.